The van der Waals surface area contributed by atoms with E-state index in [1.807, 2.05) is 18.2 Å². The minimum atomic E-state index is -3.64. The van der Waals surface area contributed by atoms with Gasteiger partial charge in [-0.1, -0.05) is 36.4 Å². The summed E-state index contributed by atoms with van der Waals surface area (Å²) < 4.78 is 32.4. The normalized spacial score (nSPS) is 13.9. The van der Waals surface area contributed by atoms with Gasteiger partial charge in [0.2, 0.25) is 5.91 Å². The van der Waals surface area contributed by atoms with Gasteiger partial charge in [-0.25, -0.2) is 13.2 Å². The number of anilines is 2. The van der Waals surface area contributed by atoms with Crippen molar-refractivity contribution in [3.8, 4) is 0 Å². The summed E-state index contributed by atoms with van der Waals surface area (Å²) in [5, 5.41) is 4.32. The van der Waals surface area contributed by atoms with Crippen LogP contribution in [-0.4, -0.2) is 33.4 Å². The van der Waals surface area contributed by atoms with Crippen LogP contribution in [0, 0.1) is 0 Å². The second-order valence-corrected chi connectivity index (χ2v) is 8.96. The molecule has 1 N–H and O–H groups in total. The molecule has 160 valence electrons. The van der Waals surface area contributed by atoms with Crippen molar-refractivity contribution in [2.75, 3.05) is 22.8 Å². The van der Waals surface area contributed by atoms with Gasteiger partial charge in [-0.2, -0.15) is 0 Å². The fraction of sp³-hybridized carbons (Fsp3) is 0.217. The van der Waals surface area contributed by atoms with Crippen molar-refractivity contribution >= 4 is 44.0 Å². The van der Waals surface area contributed by atoms with Crippen LogP contribution in [0.4, 0.5) is 11.4 Å². The maximum absolute atomic E-state index is 13.0. The van der Waals surface area contributed by atoms with E-state index in [-0.39, 0.29) is 31.0 Å². The molecular formula is C23H22N2O5S. The Hall–Kier alpha value is -3.39. The fourth-order valence-corrected chi connectivity index (χ4v) is 5.52. The molecule has 31 heavy (non-hydrogen) atoms. The molecule has 3 aromatic carbocycles. The lowest BCUT2D eigenvalue weighted by atomic mass is 10.1. The second-order valence-electron chi connectivity index (χ2n) is 7.13. The molecule has 0 atom stereocenters. The van der Waals surface area contributed by atoms with Crippen molar-refractivity contribution in [1.82, 2.24) is 0 Å². The average molecular weight is 439 g/mol. The molecule has 0 aliphatic carbocycles. The van der Waals surface area contributed by atoms with Gasteiger partial charge in [-0.15, -0.1) is 0 Å². The number of esters is 1. The Balaban J connectivity index is 1.44. The Morgan fingerprint density at radius 1 is 1.00 bits per heavy atom. The van der Waals surface area contributed by atoms with E-state index in [9.17, 15) is 18.0 Å². The number of sulfonamides is 1. The zero-order chi connectivity index (χ0) is 22.0. The Bertz CT molecular complexity index is 1260. The summed E-state index contributed by atoms with van der Waals surface area (Å²) >= 11 is 0. The van der Waals surface area contributed by atoms with E-state index in [2.05, 4.69) is 5.32 Å². The molecule has 1 aliphatic heterocycles. The monoisotopic (exact) mass is 438 g/mol. The van der Waals surface area contributed by atoms with Gasteiger partial charge in [-0.05, 0) is 43.0 Å². The Kier molecular flexibility index (Phi) is 5.65. The maximum Gasteiger partial charge on any atom is 0.340 e. The molecule has 0 saturated carbocycles. The van der Waals surface area contributed by atoms with Gasteiger partial charge < -0.3 is 10.1 Å². The third-order valence-electron chi connectivity index (χ3n) is 5.14. The predicted molar refractivity (Wildman–Crippen MR) is 119 cm³/mol. The molecule has 1 amide bonds. The number of nitrogens with one attached hydrogen (secondary N) is 1. The van der Waals surface area contributed by atoms with Crippen molar-refractivity contribution in [2.24, 2.45) is 0 Å². The molecule has 0 radical (unpaired) electrons. The number of benzene rings is 3. The number of para-hydroxylation sites is 1. The molecule has 1 aliphatic rings. The first kappa shape index (κ1) is 20.9. The maximum atomic E-state index is 13.0. The number of carbonyl (C=O) groups is 2. The van der Waals surface area contributed by atoms with Gasteiger partial charge in [0.05, 0.1) is 28.4 Å². The molecule has 0 aromatic heterocycles. The standard InChI is InChI=1S/C23H22N2O5S/c1-2-30-23(27)17-10-3-4-11-18(17)24-21(26)14-7-15-25-19-12-5-8-16-9-6-13-20(22(16)19)31(25,28)29/h3-6,8-13H,2,7,14-15H2,1H3,(H,24,26). The number of rotatable bonds is 7. The Labute approximate surface area is 180 Å². The summed E-state index contributed by atoms with van der Waals surface area (Å²) in [7, 11) is -3.64. The quantitative estimate of drug-likeness (QED) is 0.564. The lowest BCUT2D eigenvalue weighted by Crippen LogP contribution is -2.29. The molecule has 0 bridgehead atoms. The topological polar surface area (TPSA) is 92.8 Å². The van der Waals surface area contributed by atoms with Crippen LogP contribution in [0.2, 0.25) is 0 Å². The molecule has 0 unspecified atom stereocenters. The zero-order valence-corrected chi connectivity index (χ0v) is 17.8. The molecule has 1 heterocycles. The van der Waals surface area contributed by atoms with Crippen molar-refractivity contribution in [3.05, 3.63) is 66.2 Å². The second kappa shape index (κ2) is 8.39. The van der Waals surface area contributed by atoms with Crippen molar-refractivity contribution in [1.29, 1.82) is 0 Å². The van der Waals surface area contributed by atoms with Gasteiger partial charge in [0.1, 0.15) is 0 Å². The van der Waals surface area contributed by atoms with Gasteiger partial charge >= 0.3 is 5.97 Å². The highest BCUT2D eigenvalue weighted by molar-refractivity contribution is 7.93. The van der Waals surface area contributed by atoms with E-state index in [4.69, 9.17) is 4.74 Å². The Morgan fingerprint density at radius 2 is 1.74 bits per heavy atom. The molecule has 0 fully saturated rings. The van der Waals surface area contributed by atoms with Crippen LogP contribution in [0.3, 0.4) is 0 Å². The summed E-state index contributed by atoms with van der Waals surface area (Å²) in [6, 6.07) is 17.4. The lowest BCUT2D eigenvalue weighted by molar-refractivity contribution is -0.116. The highest BCUT2D eigenvalue weighted by Gasteiger charge is 2.35. The Morgan fingerprint density at radius 3 is 2.52 bits per heavy atom. The largest absolute Gasteiger partial charge is 0.462 e. The van der Waals surface area contributed by atoms with E-state index in [1.165, 1.54) is 4.31 Å². The van der Waals surface area contributed by atoms with E-state index >= 15 is 0 Å². The van der Waals surface area contributed by atoms with Gasteiger partial charge in [0.15, 0.2) is 0 Å². The minimum Gasteiger partial charge on any atom is -0.462 e. The smallest absolute Gasteiger partial charge is 0.340 e. The number of amides is 1. The fourth-order valence-electron chi connectivity index (χ4n) is 3.77. The van der Waals surface area contributed by atoms with Crippen LogP contribution in [-0.2, 0) is 19.6 Å². The van der Waals surface area contributed by atoms with Crippen molar-refractivity contribution < 1.29 is 22.7 Å². The highest BCUT2D eigenvalue weighted by Crippen LogP contribution is 2.41. The molecule has 7 nitrogen and oxygen atoms in total. The van der Waals surface area contributed by atoms with Gasteiger partial charge in [0.25, 0.3) is 10.0 Å². The van der Waals surface area contributed by atoms with E-state index in [1.54, 1.807) is 49.4 Å². The van der Waals surface area contributed by atoms with Crippen LogP contribution in [0.15, 0.2) is 65.6 Å². The van der Waals surface area contributed by atoms with Crippen molar-refractivity contribution in [3.63, 3.8) is 0 Å². The SMILES string of the molecule is CCOC(=O)c1ccccc1NC(=O)CCCN1c2cccc3cccc(c23)S1(=O)=O. The van der Waals surface area contributed by atoms with Crippen LogP contribution in [0.5, 0.6) is 0 Å². The number of carbonyl (C=O) groups excluding carboxylic acids is 2. The minimum absolute atomic E-state index is 0.107. The van der Waals surface area contributed by atoms with Gasteiger partial charge in [0, 0.05) is 18.4 Å². The van der Waals surface area contributed by atoms with E-state index < -0.39 is 16.0 Å². The molecule has 8 heteroatoms. The molecule has 0 spiro atoms. The van der Waals surface area contributed by atoms with E-state index in [0.717, 1.165) is 10.8 Å². The van der Waals surface area contributed by atoms with E-state index in [0.29, 0.717) is 22.7 Å². The third kappa shape index (κ3) is 3.86. The first-order valence-electron chi connectivity index (χ1n) is 10.0. The predicted octanol–water partition coefficient (Wildman–Crippen LogP) is 3.94. The molecular weight excluding hydrogens is 416 g/mol. The van der Waals surface area contributed by atoms with Gasteiger partial charge in [-0.3, -0.25) is 9.10 Å². The zero-order valence-electron chi connectivity index (χ0n) is 17.0. The summed E-state index contributed by atoms with van der Waals surface area (Å²) in [4.78, 5) is 24.8. The first-order valence-corrected chi connectivity index (χ1v) is 11.5. The molecule has 0 saturated heterocycles. The third-order valence-corrected chi connectivity index (χ3v) is 7.00. The summed E-state index contributed by atoms with van der Waals surface area (Å²) in [5.41, 5.74) is 1.29. The first-order chi connectivity index (χ1) is 14.9. The number of hydrogen-bond donors (Lipinski definition) is 1. The highest BCUT2D eigenvalue weighted by atomic mass is 32.2. The summed E-state index contributed by atoms with van der Waals surface area (Å²) in [6.45, 7) is 2.13. The number of hydrogen-bond acceptors (Lipinski definition) is 5. The summed E-state index contributed by atoms with van der Waals surface area (Å²) in [5.74, 6) is -0.809. The van der Waals surface area contributed by atoms with Crippen LogP contribution in [0.25, 0.3) is 10.8 Å². The van der Waals surface area contributed by atoms with Crippen LogP contribution < -0.4 is 9.62 Å². The van der Waals surface area contributed by atoms with Crippen LogP contribution >= 0.6 is 0 Å². The average Bonchev–Trinajstić information content (AvgIpc) is 2.97. The number of nitrogens with zero attached hydrogens (tertiary/aromatic N) is 1. The molecule has 4 rings (SSSR count). The van der Waals surface area contributed by atoms with Crippen LogP contribution in [0.1, 0.15) is 30.1 Å². The number of ether oxygens (including phenoxy) is 1. The van der Waals surface area contributed by atoms with Crippen molar-refractivity contribution in [2.45, 2.75) is 24.7 Å². The summed E-state index contributed by atoms with van der Waals surface area (Å²) in [6.07, 6.45) is 0.437. The lowest BCUT2D eigenvalue weighted by Gasteiger charge is -2.18. The molecule has 3 aromatic rings.